The first kappa shape index (κ1) is 10.8. The van der Waals surface area contributed by atoms with Gasteiger partial charge in [-0.25, -0.2) is 4.98 Å². The van der Waals surface area contributed by atoms with Gasteiger partial charge in [-0.15, -0.1) is 0 Å². The zero-order valence-corrected chi connectivity index (χ0v) is 11.2. The molecule has 3 heterocycles. The molecule has 0 N–H and O–H groups in total. The van der Waals surface area contributed by atoms with Gasteiger partial charge in [-0.05, 0) is 17.5 Å². The van der Waals surface area contributed by atoms with E-state index in [1.165, 1.54) is 10.8 Å². The fourth-order valence-electron chi connectivity index (χ4n) is 3.06. The highest BCUT2D eigenvalue weighted by Crippen LogP contribution is 2.28. The topological polar surface area (TPSA) is 30.2 Å². The maximum atomic E-state index is 4.79. The van der Waals surface area contributed by atoms with Gasteiger partial charge >= 0.3 is 0 Å². The molecule has 2 aromatic carbocycles. The van der Waals surface area contributed by atoms with Crippen molar-refractivity contribution >= 4 is 38.4 Å². The summed E-state index contributed by atoms with van der Waals surface area (Å²) in [4.78, 5) is 9.30. The molecule has 0 spiro atoms. The van der Waals surface area contributed by atoms with Gasteiger partial charge in [-0.1, -0.05) is 42.5 Å². The van der Waals surface area contributed by atoms with Crippen LogP contribution in [-0.2, 0) is 0 Å². The third-order valence-corrected chi connectivity index (χ3v) is 4.03. The Balaban J connectivity index is 2.11. The van der Waals surface area contributed by atoms with Crippen LogP contribution in [0.1, 0.15) is 0 Å². The summed E-state index contributed by atoms with van der Waals surface area (Å²) in [6.07, 6.45) is 3.96. The lowest BCUT2D eigenvalue weighted by Gasteiger charge is -2.02. The van der Waals surface area contributed by atoms with Crippen molar-refractivity contribution in [3.8, 4) is 0 Å². The van der Waals surface area contributed by atoms with E-state index < -0.39 is 0 Å². The van der Waals surface area contributed by atoms with Crippen LogP contribution in [0.5, 0.6) is 0 Å². The minimum Gasteiger partial charge on any atom is -0.298 e. The number of rotatable bonds is 0. The molecule has 0 aliphatic rings. The van der Waals surface area contributed by atoms with Gasteiger partial charge in [-0.3, -0.25) is 9.38 Å². The van der Waals surface area contributed by atoms with E-state index in [0.717, 1.165) is 27.6 Å². The first-order valence-corrected chi connectivity index (χ1v) is 6.95. The van der Waals surface area contributed by atoms with Crippen molar-refractivity contribution in [2.45, 2.75) is 0 Å². The van der Waals surface area contributed by atoms with Crippen LogP contribution in [0.3, 0.4) is 0 Å². The van der Waals surface area contributed by atoms with Crippen molar-refractivity contribution in [1.82, 2.24) is 14.4 Å². The lowest BCUT2D eigenvalue weighted by molar-refractivity contribution is 1.25. The molecule has 0 unspecified atom stereocenters. The molecule has 3 heteroatoms. The normalized spacial score (nSPS) is 11.8. The quantitative estimate of drug-likeness (QED) is 0.422. The third kappa shape index (κ3) is 1.37. The van der Waals surface area contributed by atoms with Gasteiger partial charge in [0.15, 0.2) is 0 Å². The van der Waals surface area contributed by atoms with Crippen molar-refractivity contribution in [2.24, 2.45) is 0 Å². The van der Waals surface area contributed by atoms with E-state index in [1.54, 1.807) is 0 Å². The van der Waals surface area contributed by atoms with Crippen molar-refractivity contribution in [2.75, 3.05) is 0 Å². The van der Waals surface area contributed by atoms with Crippen LogP contribution in [0, 0.1) is 0 Å². The molecule has 5 rings (SSSR count). The van der Waals surface area contributed by atoms with Gasteiger partial charge in [-0.2, -0.15) is 0 Å². The summed E-state index contributed by atoms with van der Waals surface area (Å²) in [6, 6.07) is 18.7. The first-order valence-electron chi connectivity index (χ1n) is 6.95. The minimum absolute atomic E-state index is 0.935. The fourth-order valence-corrected chi connectivity index (χ4v) is 3.06. The minimum atomic E-state index is 0.935. The van der Waals surface area contributed by atoms with Crippen LogP contribution < -0.4 is 0 Å². The van der Waals surface area contributed by atoms with Gasteiger partial charge < -0.3 is 0 Å². The molecule has 21 heavy (non-hydrogen) atoms. The van der Waals surface area contributed by atoms with Crippen LogP contribution in [0.2, 0.25) is 0 Å². The van der Waals surface area contributed by atoms with E-state index in [1.807, 2.05) is 24.4 Å². The maximum absolute atomic E-state index is 4.79. The van der Waals surface area contributed by atoms with E-state index in [9.17, 15) is 0 Å². The van der Waals surface area contributed by atoms with Crippen molar-refractivity contribution in [1.29, 1.82) is 0 Å². The van der Waals surface area contributed by atoms with Gasteiger partial charge in [0.25, 0.3) is 0 Å². The van der Waals surface area contributed by atoms with Crippen LogP contribution >= 0.6 is 0 Å². The number of hydrogen-bond donors (Lipinski definition) is 0. The van der Waals surface area contributed by atoms with Crippen molar-refractivity contribution < 1.29 is 0 Å². The Kier molecular flexibility index (Phi) is 1.95. The largest absolute Gasteiger partial charge is 0.298 e. The zero-order chi connectivity index (χ0) is 13.8. The molecule has 5 aromatic rings. The lowest BCUT2D eigenvalue weighted by atomic mass is 10.1. The predicted octanol–water partition coefficient (Wildman–Crippen LogP) is 4.19. The Labute approximate surface area is 120 Å². The number of fused-ring (bicyclic) bond motifs is 7. The molecular weight excluding hydrogens is 258 g/mol. The number of aromatic nitrogens is 3. The highest BCUT2D eigenvalue weighted by Gasteiger charge is 2.10. The average molecular weight is 269 g/mol. The summed E-state index contributed by atoms with van der Waals surface area (Å²) in [5, 5.41) is 3.51. The molecule has 0 aliphatic heterocycles. The first-order chi connectivity index (χ1) is 10.4. The van der Waals surface area contributed by atoms with E-state index in [2.05, 4.69) is 52.0 Å². The molecule has 0 saturated carbocycles. The molecule has 0 bridgehead atoms. The molecule has 0 atom stereocenters. The molecule has 0 amide bonds. The fraction of sp³-hybridized carbons (Fsp3) is 0. The van der Waals surface area contributed by atoms with Gasteiger partial charge in [0.1, 0.15) is 11.2 Å². The second-order valence-corrected chi connectivity index (χ2v) is 5.22. The molecule has 0 aliphatic carbocycles. The summed E-state index contributed by atoms with van der Waals surface area (Å²) in [7, 11) is 0. The molecule has 0 fully saturated rings. The van der Waals surface area contributed by atoms with Gasteiger partial charge in [0.05, 0.1) is 17.2 Å². The Morgan fingerprint density at radius 3 is 2.52 bits per heavy atom. The summed E-state index contributed by atoms with van der Waals surface area (Å²) in [6.45, 7) is 0. The number of nitrogens with zero attached hydrogens (tertiary/aromatic N) is 3. The summed E-state index contributed by atoms with van der Waals surface area (Å²) in [5.41, 5.74) is 4.05. The van der Waals surface area contributed by atoms with Gasteiger partial charge in [0.2, 0.25) is 0 Å². The number of benzene rings is 2. The van der Waals surface area contributed by atoms with Crippen LogP contribution in [0.4, 0.5) is 0 Å². The SMILES string of the molecule is c1ccc2c(c1)ccn1c2nc2cnc3ccccc3c21. The van der Waals surface area contributed by atoms with Gasteiger partial charge in [0, 0.05) is 17.0 Å². The van der Waals surface area contributed by atoms with Crippen LogP contribution in [0.15, 0.2) is 67.0 Å². The zero-order valence-electron chi connectivity index (χ0n) is 11.2. The van der Waals surface area contributed by atoms with E-state index in [4.69, 9.17) is 4.98 Å². The highest BCUT2D eigenvalue weighted by molar-refractivity contribution is 6.06. The molecular formula is C18H11N3. The van der Waals surface area contributed by atoms with E-state index >= 15 is 0 Å². The highest BCUT2D eigenvalue weighted by atomic mass is 15.0. The second kappa shape index (κ2) is 3.79. The number of hydrogen-bond acceptors (Lipinski definition) is 2. The third-order valence-electron chi connectivity index (χ3n) is 4.03. The van der Waals surface area contributed by atoms with E-state index in [0.29, 0.717) is 0 Å². The monoisotopic (exact) mass is 269 g/mol. The Morgan fingerprint density at radius 1 is 0.762 bits per heavy atom. The standard InChI is InChI=1S/C18H11N3/c1-2-6-13-12(5-1)9-10-21-17-14-7-3-4-8-15(14)19-11-16(17)20-18(13)21/h1-11H. The molecule has 98 valence electrons. The maximum Gasteiger partial charge on any atom is 0.145 e. The predicted molar refractivity (Wildman–Crippen MR) is 85.5 cm³/mol. The van der Waals surface area contributed by atoms with E-state index in [-0.39, 0.29) is 0 Å². The summed E-state index contributed by atoms with van der Waals surface area (Å²) < 4.78 is 2.17. The molecule has 0 radical (unpaired) electrons. The van der Waals surface area contributed by atoms with Crippen LogP contribution in [-0.4, -0.2) is 14.4 Å². The number of pyridine rings is 2. The Bertz CT molecular complexity index is 1140. The lowest BCUT2D eigenvalue weighted by Crippen LogP contribution is -1.87. The average Bonchev–Trinajstić information content (AvgIpc) is 2.94. The smallest absolute Gasteiger partial charge is 0.145 e. The van der Waals surface area contributed by atoms with Crippen LogP contribution in [0.25, 0.3) is 38.4 Å². The molecule has 0 saturated heterocycles. The second-order valence-electron chi connectivity index (χ2n) is 5.22. The number of para-hydroxylation sites is 1. The van der Waals surface area contributed by atoms with Crippen molar-refractivity contribution in [3.63, 3.8) is 0 Å². The van der Waals surface area contributed by atoms with Crippen molar-refractivity contribution in [3.05, 3.63) is 67.0 Å². The summed E-state index contributed by atoms with van der Waals surface area (Å²) >= 11 is 0. The molecule has 3 aromatic heterocycles. The molecule has 3 nitrogen and oxygen atoms in total. The Hall–Kier alpha value is -2.94. The number of imidazole rings is 1. The Morgan fingerprint density at radius 2 is 1.57 bits per heavy atom. The summed E-state index contributed by atoms with van der Waals surface area (Å²) in [5.74, 6) is 0.